The summed E-state index contributed by atoms with van der Waals surface area (Å²) in [5, 5.41) is 7.34. The first-order chi connectivity index (χ1) is 17.2. The largest absolute Gasteiger partial charge is 0.456 e. The fourth-order valence-electron chi connectivity index (χ4n) is 3.41. The predicted molar refractivity (Wildman–Crippen MR) is 149 cm³/mol. The molecule has 36 heavy (non-hydrogen) atoms. The summed E-state index contributed by atoms with van der Waals surface area (Å²) >= 11 is 14.1. The summed E-state index contributed by atoms with van der Waals surface area (Å²) in [5.41, 5.74) is 2.39. The molecule has 188 valence electrons. The minimum absolute atomic E-state index is 0.0238. The van der Waals surface area contributed by atoms with Crippen molar-refractivity contribution in [2.24, 2.45) is 0 Å². The van der Waals surface area contributed by atoms with Crippen molar-refractivity contribution in [1.29, 1.82) is 0 Å². The van der Waals surface area contributed by atoms with Crippen LogP contribution in [0, 0.1) is 0 Å². The molecule has 0 radical (unpaired) electrons. The molecule has 0 bridgehead atoms. The number of nitrogens with one attached hydrogen (secondary N) is 2. The maximum atomic E-state index is 12.2. The molecule has 4 aromatic rings. The van der Waals surface area contributed by atoms with Crippen LogP contribution in [0.25, 0.3) is 11.0 Å². The van der Waals surface area contributed by atoms with Gasteiger partial charge >= 0.3 is 0 Å². The zero-order valence-electron chi connectivity index (χ0n) is 20.2. The Balaban J connectivity index is 1.44. The minimum atomic E-state index is 0.0238. The Morgan fingerprint density at radius 3 is 2.69 bits per heavy atom. The molecule has 10 heteroatoms. The molecular weight excluding hydrogens is 517 g/mol. The molecule has 0 aliphatic heterocycles. The quantitative estimate of drug-likeness (QED) is 0.238. The Kier molecular flexibility index (Phi) is 8.28. The molecule has 4 rings (SSSR count). The van der Waals surface area contributed by atoms with Crippen LogP contribution in [-0.4, -0.2) is 37.5 Å². The summed E-state index contributed by atoms with van der Waals surface area (Å²) in [5.74, 6) is 2.21. The number of thioether (sulfide) groups is 1. The van der Waals surface area contributed by atoms with E-state index in [2.05, 4.69) is 41.4 Å². The first-order valence-corrected chi connectivity index (χ1v) is 13.1. The third-order valence-electron chi connectivity index (χ3n) is 5.08. The average molecular weight is 545 g/mol. The molecule has 2 aromatic carbocycles. The first kappa shape index (κ1) is 26.1. The number of carbonyl (C=O) groups is 1. The van der Waals surface area contributed by atoms with E-state index in [1.165, 1.54) is 6.33 Å². The highest BCUT2D eigenvalue weighted by Gasteiger charge is 2.14. The summed E-state index contributed by atoms with van der Waals surface area (Å²) in [6.07, 6.45) is 3.45. The van der Waals surface area contributed by atoms with Crippen molar-refractivity contribution < 1.29 is 9.53 Å². The van der Waals surface area contributed by atoms with Gasteiger partial charge in [0.1, 0.15) is 23.3 Å². The number of halogens is 2. The van der Waals surface area contributed by atoms with Crippen molar-refractivity contribution in [2.45, 2.75) is 32.1 Å². The second-order valence-corrected chi connectivity index (χ2v) is 11.7. The van der Waals surface area contributed by atoms with Crippen LogP contribution < -0.4 is 15.4 Å². The lowest BCUT2D eigenvalue weighted by atomic mass is 10.3. The monoisotopic (exact) mass is 543 g/mol. The van der Waals surface area contributed by atoms with Gasteiger partial charge < -0.3 is 19.9 Å². The van der Waals surface area contributed by atoms with E-state index < -0.39 is 0 Å². The molecular formula is C26H27Cl2N5O2S. The molecule has 0 saturated carbocycles. The zero-order valence-corrected chi connectivity index (χ0v) is 22.5. The van der Waals surface area contributed by atoms with Crippen molar-refractivity contribution in [2.75, 3.05) is 17.6 Å². The highest BCUT2D eigenvalue weighted by molar-refractivity contribution is 8.01. The number of hydrogen-bond donors (Lipinski definition) is 2. The van der Waals surface area contributed by atoms with Crippen LogP contribution in [0.2, 0.25) is 10.0 Å². The van der Waals surface area contributed by atoms with Crippen LogP contribution in [0.15, 0.2) is 61.1 Å². The Bertz CT molecular complexity index is 1370. The Hall–Kier alpha value is -2.94. The molecule has 7 nitrogen and oxygen atoms in total. The molecule has 0 fully saturated rings. The molecule has 0 atom stereocenters. The predicted octanol–water partition coefficient (Wildman–Crippen LogP) is 6.92. The lowest BCUT2D eigenvalue weighted by Crippen LogP contribution is -2.30. The number of rotatable bonds is 9. The maximum absolute atomic E-state index is 12.2. The maximum Gasteiger partial charge on any atom is 0.230 e. The number of amides is 1. The van der Waals surface area contributed by atoms with Gasteiger partial charge in [0.05, 0.1) is 16.3 Å². The van der Waals surface area contributed by atoms with Gasteiger partial charge in [-0.05, 0) is 42.5 Å². The Morgan fingerprint density at radius 1 is 1.11 bits per heavy atom. The number of carbonyl (C=O) groups excluding carboxylic acids is 1. The van der Waals surface area contributed by atoms with Crippen LogP contribution in [-0.2, 0) is 11.3 Å². The van der Waals surface area contributed by atoms with Gasteiger partial charge in [-0.2, -0.15) is 0 Å². The van der Waals surface area contributed by atoms with E-state index in [1.807, 2.05) is 35.0 Å². The highest BCUT2D eigenvalue weighted by Crippen LogP contribution is 2.34. The zero-order chi connectivity index (χ0) is 25.7. The van der Waals surface area contributed by atoms with E-state index in [4.69, 9.17) is 27.9 Å². The van der Waals surface area contributed by atoms with Gasteiger partial charge in [-0.15, -0.1) is 11.8 Å². The number of nitrogens with zero attached hydrogens (tertiary/aromatic N) is 3. The van der Waals surface area contributed by atoms with Crippen LogP contribution in [0.4, 0.5) is 11.5 Å². The molecule has 0 spiro atoms. The fraction of sp³-hybridized carbons (Fsp3) is 0.269. The molecule has 2 N–H and O–H groups in total. The minimum Gasteiger partial charge on any atom is -0.456 e. The van der Waals surface area contributed by atoms with E-state index in [0.717, 1.165) is 16.7 Å². The third kappa shape index (κ3) is 7.06. The van der Waals surface area contributed by atoms with E-state index in [-0.39, 0.29) is 10.7 Å². The summed E-state index contributed by atoms with van der Waals surface area (Å²) in [4.78, 5) is 21.0. The standard InChI is InChI=1S/C26H27Cl2N5O2S/c1-26(2,3)36-15-23(34)29-10-12-33-11-9-21-24(33)25(31-16-30-21)32-18-7-8-22(20(28)14-18)35-19-6-4-5-17(27)13-19/h4-9,11,13-14,16H,10,12,15H2,1-3H3,(H,29,34)(H,30,31,32). The Labute approximate surface area is 224 Å². The highest BCUT2D eigenvalue weighted by atomic mass is 35.5. The van der Waals surface area contributed by atoms with Gasteiger partial charge in [-0.1, -0.05) is 50.0 Å². The van der Waals surface area contributed by atoms with Crippen molar-refractivity contribution in [3.8, 4) is 11.5 Å². The molecule has 1 amide bonds. The molecule has 0 aliphatic carbocycles. The summed E-state index contributed by atoms with van der Waals surface area (Å²) < 4.78 is 7.93. The van der Waals surface area contributed by atoms with E-state index >= 15 is 0 Å². The average Bonchev–Trinajstić information content (AvgIpc) is 3.23. The molecule has 2 heterocycles. The fourth-order valence-corrected chi connectivity index (χ4v) is 4.48. The topological polar surface area (TPSA) is 81.1 Å². The van der Waals surface area contributed by atoms with Crippen LogP contribution in [0.1, 0.15) is 20.8 Å². The number of aromatic nitrogens is 3. The van der Waals surface area contributed by atoms with Gasteiger partial charge in [0.25, 0.3) is 0 Å². The third-order valence-corrected chi connectivity index (χ3v) is 6.88. The first-order valence-electron chi connectivity index (χ1n) is 11.4. The van der Waals surface area contributed by atoms with Crippen molar-refractivity contribution in [3.05, 3.63) is 71.1 Å². The second-order valence-electron chi connectivity index (χ2n) is 9.05. The summed E-state index contributed by atoms with van der Waals surface area (Å²) in [6.45, 7) is 7.38. The van der Waals surface area contributed by atoms with E-state index in [0.29, 0.717) is 46.2 Å². The van der Waals surface area contributed by atoms with Crippen LogP contribution >= 0.6 is 35.0 Å². The number of hydrogen-bond acceptors (Lipinski definition) is 6. The normalized spacial score (nSPS) is 11.5. The molecule has 0 saturated heterocycles. The summed E-state index contributed by atoms with van der Waals surface area (Å²) in [6, 6.07) is 14.5. The number of fused-ring (bicyclic) bond motifs is 1. The Morgan fingerprint density at radius 2 is 1.94 bits per heavy atom. The number of anilines is 2. The van der Waals surface area contributed by atoms with Crippen LogP contribution in [0.5, 0.6) is 11.5 Å². The number of benzene rings is 2. The molecule has 0 unspecified atom stereocenters. The van der Waals surface area contributed by atoms with Gasteiger partial charge in [0, 0.05) is 34.7 Å². The van der Waals surface area contributed by atoms with Gasteiger partial charge in [-0.3, -0.25) is 4.79 Å². The van der Waals surface area contributed by atoms with Crippen molar-refractivity contribution >= 4 is 63.4 Å². The lowest BCUT2D eigenvalue weighted by Gasteiger charge is -2.17. The lowest BCUT2D eigenvalue weighted by molar-refractivity contribution is -0.118. The van der Waals surface area contributed by atoms with Gasteiger partial charge in [0.2, 0.25) is 5.91 Å². The smallest absolute Gasteiger partial charge is 0.230 e. The van der Waals surface area contributed by atoms with Gasteiger partial charge in [0.15, 0.2) is 5.82 Å². The second kappa shape index (κ2) is 11.4. The molecule has 2 aromatic heterocycles. The summed E-state index contributed by atoms with van der Waals surface area (Å²) in [7, 11) is 0. The SMILES string of the molecule is CC(C)(C)SCC(=O)NCCn1ccc2ncnc(Nc3ccc(Oc4cccc(Cl)c4)c(Cl)c3)c21. The van der Waals surface area contributed by atoms with Crippen molar-refractivity contribution in [1.82, 2.24) is 19.9 Å². The molecule has 0 aliphatic rings. The van der Waals surface area contributed by atoms with Gasteiger partial charge in [-0.25, -0.2) is 9.97 Å². The number of ether oxygens (including phenoxy) is 1. The van der Waals surface area contributed by atoms with E-state index in [1.54, 1.807) is 36.0 Å². The van der Waals surface area contributed by atoms with E-state index in [9.17, 15) is 4.79 Å². The van der Waals surface area contributed by atoms with Crippen LogP contribution in [0.3, 0.4) is 0 Å². The van der Waals surface area contributed by atoms with Crippen molar-refractivity contribution in [3.63, 3.8) is 0 Å².